The van der Waals surface area contributed by atoms with Gasteiger partial charge in [0.05, 0.1) is 14.2 Å². The number of hydrogen-bond acceptors (Lipinski definition) is 6. The minimum Gasteiger partial charge on any atom is -0.497 e. The first-order chi connectivity index (χ1) is 14.1. The van der Waals surface area contributed by atoms with Crippen molar-refractivity contribution in [3.8, 4) is 23.0 Å². The molecular formula is C22H23N3O4. The summed E-state index contributed by atoms with van der Waals surface area (Å²) in [7, 11) is 3.18. The zero-order chi connectivity index (χ0) is 20.4. The highest BCUT2D eigenvalue weighted by Crippen LogP contribution is 2.32. The van der Waals surface area contributed by atoms with Gasteiger partial charge < -0.3 is 18.9 Å². The van der Waals surface area contributed by atoms with Gasteiger partial charge in [0.2, 0.25) is 5.91 Å². The lowest BCUT2D eigenvalue weighted by atomic mass is 10.1. The Labute approximate surface area is 169 Å². The van der Waals surface area contributed by atoms with Gasteiger partial charge in [-0.1, -0.05) is 35.0 Å². The van der Waals surface area contributed by atoms with Crippen LogP contribution in [0.4, 0.5) is 0 Å². The molecular weight excluding hydrogens is 370 g/mol. The van der Waals surface area contributed by atoms with Gasteiger partial charge in [-0.05, 0) is 24.6 Å². The maximum absolute atomic E-state index is 12.5. The van der Waals surface area contributed by atoms with E-state index in [1.54, 1.807) is 20.3 Å². The second-order valence-corrected chi connectivity index (χ2v) is 7.22. The summed E-state index contributed by atoms with van der Waals surface area (Å²) in [6.45, 7) is 3.22. The standard InChI is InChI=1S/C22H23N3O4/c1-14-4-6-15(7-5-14)12-25-13-17(10-20(25)26)21-23-22(29-24-21)16-8-18(27-2)11-19(9-16)28-3/h4-9,11,17H,10,12-13H2,1-3H3. The summed E-state index contributed by atoms with van der Waals surface area (Å²) in [5, 5.41) is 4.13. The van der Waals surface area contributed by atoms with Gasteiger partial charge in [0, 0.05) is 37.1 Å². The Kier molecular flexibility index (Phi) is 5.20. The predicted molar refractivity (Wildman–Crippen MR) is 107 cm³/mol. The Hall–Kier alpha value is -3.35. The molecule has 1 fully saturated rings. The number of carbonyl (C=O) groups excluding carboxylic acids is 1. The van der Waals surface area contributed by atoms with E-state index in [9.17, 15) is 4.79 Å². The topological polar surface area (TPSA) is 77.7 Å². The monoisotopic (exact) mass is 393 g/mol. The third-order valence-corrected chi connectivity index (χ3v) is 5.11. The van der Waals surface area contributed by atoms with Crippen molar-refractivity contribution in [1.29, 1.82) is 0 Å². The molecule has 1 saturated heterocycles. The number of aromatic nitrogens is 2. The van der Waals surface area contributed by atoms with E-state index in [0.717, 1.165) is 5.56 Å². The van der Waals surface area contributed by atoms with Crippen LogP contribution >= 0.6 is 0 Å². The molecule has 0 radical (unpaired) electrons. The van der Waals surface area contributed by atoms with Crippen LogP contribution in [-0.2, 0) is 11.3 Å². The summed E-state index contributed by atoms with van der Waals surface area (Å²) in [5.41, 5.74) is 3.02. The molecule has 0 bridgehead atoms. The number of carbonyl (C=O) groups is 1. The molecule has 1 aromatic heterocycles. The van der Waals surface area contributed by atoms with Gasteiger partial charge in [-0.15, -0.1) is 0 Å². The maximum atomic E-state index is 12.5. The van der Waals surface area contributed by atoms with E-state index in [-0.39, 0.29) is 11.8 Å². The van der Waals surface area contributed by atoms with Crippen molar-refractivity contribution in [2.75, 3.05) is 20.8 Å². The van der Waals surface area contributed by atoms with E-state index < -0.39 is 0 Å². The minimum atomic E-state index is -0.0852. The van der Waals surface area contributed by atoms with Crippen LogP contribution in [0.3, 0.4) is 0 Å². The van der Waals surface area contributed by atoms with Crippen LogP contribution in [0.25, 0.3) is 11.5 Å². The van der Waals surface area contributed by atoms with Gasteiger partial charge in [-0.2, -0.15) is 4.98 Å². The Morgan fingerprint density at radius 1 is 1.10 bits per heavy atom. The van der Waals surface area contributed by atoms with E-state index >= 15 is 0 Å². The Balaban J connectivity index is 1.50. The van der Waals surface area contributed by atoms with Crippen LogP contribution in [0, 0.1) is 6.92 Å². The first kappa shape index (κ1) is 19.0. The summed E-state index contributed by atoms with van der Waals surface area (Å²) >= 11 is 0. The molecule has 1 aliphatic heterocycles. The van der Waals surface area contributed by atoms with E-state index in [4.69, 9.17) is 14.0 Å². The molecule has 3 aromatic rings. The SMILES string of the molecule is COc1cc(OC)cc(-c2nc(C3CC(=O)N(Cc4ccc(C)cc4)C3)no2)c1. The molecule has 7 nitrogen and oxygen atoms in total. The van der Waals surface area contributed by atoms with E-state index in [1.165, 1.54) is 5.56 Å². The van der Waals surface area contributed by atoms with Crippen LogP contribution < -0.4 is 9.47 Å². The van der Waals surface area contributed by atoms with Crippen LogP contribution in [0.2, 0.25) is 0 Å². The molecule has 0 aliphatic carbocycles. The number of nitrogens with zero attached hydrogens (tertiary/aromatic N) is 3. The first-order valence-electron chi connectivity index (χ1n) is 9.46. The van der Waals surface area contributed by atoms with E-state index in [1.807, 2.05) is 24.0 Å². The first-order valence-corrected chi connectivity index (χ1v) is 9.46. The smallest absolute Gasteiger partial charge is 0.258 e. The third kappa shape index (κ3) is 4.08. The molecule has 1 atom stereocenters. The number of methoxy groups -OCH3 is 2. The average Bonchev–Trinajstić information content (AvgIpc) is 3.36. The van der Waals surface area contributed by atoms with Crippen molar-refractivity contribution < 1.29 is 18.8 Å². The number of amides is 1. The Morgan fingerprint density at radius 2 is 1.79 bits per heavy atom. The third-order valence-electron chi connectivity index (χ3n) is 5.11. The number of benzene rings is 2. The fourth-order valence-corrected chi connectivity index (χ4v) is 3.46. The molecule has 0 saturated carbocycles. The molecule has 2 heterocycles. The van der Waals surface area contributed by atoms with Crippen molar-refractivity contribution in [3.63, 3.8) is 0 Å². The van der Waals surface area contributed by atoms with Crippen LogP contribution in [0.15, 0.2) is 47.0 Å². The molecule has 0 N–H and O–H groups in total. The number of hydrogen-bond donors (Lipinski definition) is 0. The Bertz CT molecular complexity index is 991. The van der Waals surface area contributed by atoms with Crippen molar-refractivity contribution in [3.05, 3.63) is 59.4 Å². The molecule has 150 valence electrons. The van der Waals surface area contributed by atoms with Gasteiger partial charge in [-0.25, -0.2) is 0 Å². The zero-order valence-corrected chi connectivity index (χ0v) is 16.7. The average molecular weight is 393 g/mol. The molecule has 1 amide bonds. The van der Waals surface area contributed by atoms with Gasteiger partial charge in [-0.3, -0.25) is 4.79 Å². The summed E-state index contributed by atoms with van der Waals surface area (Å²) in [6, 6.07) is 13.6. The van der Waals surface area contributed by atoms with Crippen LogP contribution in [0.1, 0.15) is 29.3 Å². The molecule has 0 spiro atoms. The molecule has 7 heteroatoms. The number of aryl methyl sites for hydroxylation is 1. The maximum Gasteiger partial charge on any atom is 0.258 e. The fraction of sp³-hybridized carbons (Fsp3) is 0.318. The van der Waals surface area contributed by atoms with Gasteiger partial charge in [0.1, 0.15) is 11.5 Å². The van der Waals surface area contributed by atoms with Gasteiger partial charge in [0.25, 0.3) is 5.89 Å². The largest absolute Gasteiger partial charge is 0.497 e. The highest BCUT2D eigenvalue weighted by Gasteiger charge is 2.33. The number of ether oxygens (including phenoxy) is 2. The molecule has 2 aromatic carbocycles. The van der Waals surface area contributed by atoms with Crippen molar-refractivity contribution in [2.45, 2.75) is 25.8 Å². The normalized spacial score (nSPS) is 16.3. The Morgan fingerprint density at radius 3 is 2.45 bits per heavy atom. The summed E-state index contributed by atoms with van der Waals surface area (Å²) in [4.78, 5) is 18.9. The van der Waals surface area contributed by atoms with E-state index in [0.29, 0.717) is 48.3 Å². The highest BCUT2D eigenvalue weighted by molar-refractivity contribution is 5.79. The van der Waals surface area contributed by atoms with Gasteiger partial charge in [0.15, 0.2) is 5.82 Å². The van der Waals surface area contributed by atoms with Crippen LogP contribution in [0.5, 0.6) is 11.5 Å². The molecule has 29 heavy (non-hydrogen) atoms. The van der Waals surface area contributed by atoms with Crippen molar-refractivity contribution >= 4 is 5.91 Å². The number of likely N-dealkylation sites (tertiary alicyclic amines) is 1. The minimum absolute atomic E-state index is 0.0852. The quantitative estimate of drug-likeness (QED) is 0.637. The molecule has 1 aliphatic rings. The lowest BCUT2D eigenvalue weighted by molar-refractivity contribution is -0.128. The molecule has 1 unspecified atom stereocenters. The number of rotatable bonds is 6. The lowest BCUT2D eigenvalue weighted by Gasteiger charge is -2.16. The second kappa shape index (κ2) is 7.95. The zero-order valence-electron chi connectivity index (χ0n) is 16.7. The van der Waals surface area contributed by atoms with Crippen molar-refractivity contribution in [2.24, 2.45) is 0 Å². The van der Waals surface area contributed by atoms with Crippen molar-refractivity contribution in [1.82, 2.24) is 15.0 Å². The highest BCUT2D eigenvalue weighted by atomic mass is 16.5. The fourth-order valence-electron chi connectivity index (χ4n) is 3.46. The predicted octanol–water partition coefficient (Wildman–Crippen LogP) is 3.58. The second-order valence-electron chi connectivity index (χ2n) is 7.22. The van der Waals surface area contributed by atoms with E-state index in [2.05, 4.69) is 34.4 Å². The summed E-state index contributed by atoms with van der Waals surface area (Å²) in [5.74, 6) is 2.21. The summed E-state index contributed by atoms with van der Waals surface area (Å²) < 4.78 is 16.1. The van der Waals surface area contributed by atoms with Gasteiger partial charge >= 0.3 is 0 Å². The molecule has 4 rings (SSSR count). The van der Waals surface area contributed by atoms with Crippen LogP contribution in [-0.4, -0.2) is 41.7 Å². The summed E-state index contributed by atoms with van der Waals surface area (Å²) in [6.07, 6.45) is 0.381. The lowest BCUT2D eigenvalue weighted by Crippen LogP contribution is -2.24.